The molecule has 0 aromatic heterocycles. The lowest BCUT2D eigenvalue weighted by Gasteiger charge is -2.33. The van der Waals surface area contributed by atoms with Crippen molar-refractivity contribution in [2.45, 2.75) is 32.1 Å². The van der Waals surface area contributed by atoms with Crippen molar-refractivity contribution in [3.8, 4) is 0 Å². The van der Waals surface area contributed by atoms with E-state index in [1.807, 2.05) is 6.07 Å². The van der Waals surface area contributed by atoms with E-state index in [0.717, 1.165) is 29.5 Å². The Labute approximate surface area is 111 Å². The number of hydrogen-bond donors (Lipinski definition) is 1. The largest absolute Gasteiger partial charge is 0.316 e. The van der Waals surface area contributed by atoms with Crippen LogP contribution in [0.5, 0.6) is 0 Å². The average molecular weight is 300 g/mol. The zero-order chi connectivity index (χ0) is 12.3. The molecular formula is C14H19BrFN. The van der Waals surface area contributed by atoms with Crippen molar-refractivity contribution in [1.82, 2.24) is 5.32 Å². The van der Waals surface area contributed by atoms with Crippen LogP contribution in [-0.4, -0.2) is 13.1 Å². The van der Waals surface area contributed by atoms with E-state index in [9.17, 15) is 4.39 Å². The minimum atomic E-state index is -0.128. The van der Waals surface area contributed by atoms with Gasteiger partial charge in [0.2, 0.25) is 0 Å². The van der Waals surface area contributed by atoms with Crippen LogP contribution in [0.3, 0.4) is 0 Å². The Morgan fingerprint density at radius 3 is 3.06 bits per heavy atom. The number of piperidine rings is 1. The van der Waals surface area contributed by atoms with Crippen LogP contribution < -0.4 is 5.32 Å². The van der Waals surface area contributed by atoms with Gasteiger partial charge in [0, 0.05) is 4.47 Å². The summed E-state index contributed by atoms with van der Waals surface area (Å²) in [7, 11) is 0. The van der Waals surface area contributed by atoms with Crippen LogP contribution in [0.2, 0.25) is 0 Å². The summed E-state index contributed by atoms with van der Waals surface area (Å²) in [6.07, 6.45) is 3.50. The van der Waals surface area contributed by atoms with E-state index < -0.39 is 0 Å². The number of halogens is 2. The van der Waals surface area contributed by atoms with Gasteiger partial charge in [0.25, 0.3) is 0 Å². The van der Waals surface area contributed by atoms with Gasteiger partial charge in [-0.05, 0) is 61.5 Å². The highest BCUT2D eigenvalue weighted by Crippen LogP contribution is 2.37. The topological polar surface area (TPSA) is 12.0 Å². The molecule has 94 valence electrons. The van der Waals surface area contributed by atoms with Crippen molar-refractivity contribution in [2.75, 3.05) is 13.1 Å². The summed E-state index contributed by atoms with van der Waals surface area (Å²) in [5.41, 5.74) is 1.14. The van der Waals surface area contributed by atoms with Crippen LogP contribution in [-0.2, 0) is 0 Å². The SMILES string of the molecule is CCCC1CNCCC1c1cc(F)ccc1Br. The number of nitrogens with one attached hydrogen (secondary N) is 1. The molecule has 1 fully saturated rings. The fourth-order valence-electron chi connectivity index (χ4n) is 2.81. The molecule has 2 rings (SSSR count). The molecule has 2 unspecified atom stereocenters. The Morgan fingerprint density at radius 1 is 1.47 bits per heavy atom. The molecule has 0 radical (unpaired) electrons. The predicted octanol–water partition coefficient (Wildman–Crippen LogP) is 4.08. The first-order chi connectivity index (χ1) is 8.22. The van der Waals surface area contributed by atoms with Crippen LogP contribution in [0.25, 0.3) is 0 Å². The van der Waals surface area contributed by atoms with Crippen molar-refractivity contribution < 1.29 is 4.39 Å². The summed E-state index contributed by atoms with van der Waals surface area (Å²) in [5.74, 6) is 0.991. The van der Waals surface area contributed by atoms with Gasteiger partial charge < -0.3 is 5.32 Å². The van der Waals surface area contributed by atoms with Gasteiger partial charge in [-0.25, -0.2) is 4.39 Å². The fraction of sp³-hybridized carbons (Fsp3) is 0.571. The van der Waals surface area contributed by atoms with E-state index >= 15 is 0 Å². The Bertz CT molecular complexity index is 378. The monoisotopic (exact) mass is 299 g/mol. The molecule has 1 nitrogen and oxygen atoms in total. The van der Waals surface area contributed by atoms with Crippen LogP contribution in [0.4, 0.5) is 4.39 Å². The molecule has 0 saturated carbocycles. The summed E-state index contributed by atoms with van der Waals surface area (Å²) >= 11 is 3.56. The number of rotatable bonds is 3. The summed E-state index contributed by atoms with van der Waals surface area (Å²) in [5, 5.41) is 3.44. The molecule has 0 bridgehead atoms. The molecule has 1 aliphatic heterocycles. The highest BCUT2D eigenvalue weighted by atomic mass is 79.9. The van der Waals surface area contributed by atoms with Gasteiger partial charge in [0.1, 0.15) is 5.82 Å². The minimum Gasteiger partial charge on any atom is -0.316 e. The molecule has 17 heavy (non-hydrogen) atoms. The lowest BCUT2D eigenvalue weighted by atomic mass is 9.79. The molecule has 1 aliphatic rings. The van der Waals surface area contributed by atoms with E-state index in [0.29, 0.717) is 11.8 Å². The molecule has 1 saturated heterocycles. The zero-order valence-corrected chi connectivity index (χ0v) is 11.8. The van der Waals surface area contributed by atoms with Gasteiger partial charge in [0.05, 0.1) is 0 Å². The van der Waals surface area contributed by atoms with E-state index in [4.69, 9.17) is 0 Å². The maximum Gasteiger partial charge on any atom is 0.123 e. The standard InChI is InChI=1S/C14H19BrFN/c1-2-3-10-9-17-7-6-12(10)13-8-11(16)4-5-14(13)15/h4-5,8,10,12,17H,2-3,6-7,9H2,1H3. The Morgan fingerprint density at radius 2 is 2.29 bits per heavy atom. The van der Waals surface area contributed by atoms with Gasteiger partial charge in [0.15, 0.2) is 0 Å². The quantitative estimate of drug-likeness (QED) is 0.887. The maximum absolute atomic E-state index is 13.4. The van der Waals surface area contributed by atoms with Crippen molar-refractivity contribution in [2.24, 2.45) is 5.92 Å². The molecule has 2 atom stereocenters. The molecule has 1 aromatic carbocycles. The molecule has 0 amide bonds. The van der Waals surface area contributed by atoms with Crippen molar-refractivity contribution in [1.29, 1.82) is 0 Å². The third-order valence-corrected chi connectivity index (χ3v) is 4.35. The number of hydrogen-bond acceptors (Lipinski definition) is 1. The molecular weight excluding hydrogens is 281 g/mol. The molecule has 3 heteroatoms. The van der Waals surface area contributed by atoms with Gasteiger partial charge in [-0.15, -0.1) is 0 Å². The molecule has 1 aromatic rings. The number of benzene rings is 1. The maximum atomic E-state index is 13.4. The average Bonchev–Trinajstić information content (AvgIpc) is 2.34. The molecule has 0 aliphatic carbocycles. The van der Waals surface area contributed by atoms with E-state index in [1.165, 1.54) is 18.9 Å². The first-order valence-electron chi connectivity index (χ1n) is 6.38. The van der Waals surface area contributed by atoms with E-state index in [2.05, 4.69) is 28.2 Å². The predicted molar refractivity (Wildman–Crippen MR) is 72.7 cm³/mol. The first kappa shape index (κ1) is 13.0. The van der Waals surface area contributed by atoms with Gasteiger partial charge in [-0.1, -0.05) is 29.3 Å². The van der Waals surface area contributed by atoms with Crippen LogP contribution in [0.1, 0.15) is 37.7 Å². The molecule has 1 heterocycles. The Kier molecular flexibility index (Phi) is 4.57. The summed E-state index contributed by atoms with van der Waals surface area (Å²) in [6, 6.07) is 5.04. The smallest absolute Gasteiger partial charge is 0.123 e. The van der Waals surface area contributed by atoms with Crippen molar-refractivity contribution in [3.05, 3.63) is 34.1 Å². The van der Waals surface area contributed by atoms with E-state index in [1.54, 1.807) is 6.07 Å². The highest BCUT2D eigenvalue weighted by molar-refractivity contribution is 9.10. The third-order valence-electron chi connectivity index (χ3n) is 3.62. The van der Waals surface area contributed by atoms with E-state index in [-0.39, 0.29) is 5.82 Å². The summed E-state index contributed by atoms with van der Waals surface area (Å²) in [4.78, 5) is 0. The van der Waals surface area contributed by atoms with Gasteiger partial charge in [-0.3, -0.25) is 0 Å². The lowest BCUT2D eigenvalue weighted by molar-refractivity contribution is 0.305. The van der Waals surface area contributed by atoms with Gasteiger partial charge in [-0.2, -0.15) is 0 Å². The second-order valence-corrected chi connectivity index (χ2v) is 5.67. The molecule has 0 spiro atoms. The summed E-state index contributed by atoms with van der Waals surface area (Å²) in [6.45, 7) is 4.31. The minimum absolute atomic E-state index is 0.128. The highest BCUT2D eigenvalue weighted by Gasteiger charge is 2.27. The molecule has 1 N–H and O–H groups in total. The second-order valence-electron chi connectivity index (χ2n) is 4.81. The fourth-order valence-corrected chi connectivity index (χ4v) is 3.35. The zero-order valence-electron chi connectivity index (χ0n) is 10.2. The van der Waals surface area contributed by atoms with Crippen molar-refractivity contribution >= 4 is 15.9 Å². The normalized spacial score (nSPS) is 24.9. The van der Waals surface area contributed by atoms with Crippen LogP contribution in [0, 0.1) is 11.7 Å². The van der Waals surface area contributed by atoms with Gasteiger partial charge >= 0.3 is 0 Å². The Hall–Kier alpha value is -0.410. The van der Waals surface area contributed by atoms with Crippen LogP contribution in [0.15, 0.2) is 22.7 Å². The Balaban J connectivity index is 2.25. The first-order valence-corrected chi connectivity index (χ1v) is 7.17. The van der Waals surface area contributed by atoms with Crippen LogP contribution >= 0.6 is 15.9 Å². The van der Waals surface area contributed by atoms with Crippen molar-refractivity contribution in [3.63, 3.8) is 0 Å². The second kappa shape index (κ2) is 5.96. The summed E-state index contributed by atoms with van der Waals surface area (Å²) < 4.78 is 14.4. The lowest BCUT2D eigenvalue weighted by Crippen LogP contribution is -2.35. The third kappa shape index (κ3) is 3.08.